The Labute approximate surface area is 151 Å². The fraction of sp³-hybridized carbons (Fsp3) is 0.0455. The van der Waals surface area contributed by atoms with E-state index in [1.165, 1.54) is 11.1 Å². The van der Waals surface area contributed by atoms with E-state index in [1.54, 1.807) is 0 Å². The van der Waals surface area contributed by atoms with Crippen molar-refractivity contribution in [2.24, 2.45) is 0 Å². The highest BCUT2D eigenvalue weighted by molar-refractivity contribution is 9.08. The van der Waals surface area contributed by atoms with Crippen molar-refractivity contribution in [3.8, 4) is 0 Å². The average molecular weight is 376 g/mol. The van der Waals surface area contributed by atoms with Gasteiger partial charge in [0.2, 0.25) is 0 Å². The smallest absolute Gasteiger partial charge is 0.0633 e. The van der Waals surface area contributed by atoms with E-state index in [-0.39, 0.29) is 0 Å². The Balaban J connectivity index is 1.68. The summed E-state index contributed by atoms with van der Waals surface area (Å²) in [5.74, 6) is 0. The molecule has 0 unspecified atom stereocenters. The fourth-order valence-corrected chi connectivity index (χ4v) is 2.63. The van der Waals surface area contributed by atoms with Crippen LogP contribution in [-0.2, 0) is 5.33 Å². The van der Waals surface area contributed by atoms with Crippen molar-refractivity contribution in [1.29, 1.82) is 0 Å². The summed E-state index contributed by atoms with van der Waals surface area (Å²) in [6.45, 7) is 0. The Kier molecular flexibility index (Phi) is 5.75. The second kappa shape index (κ2) is 8.42. The third-order valence-corrected chi connectivity index (χ3v) is 4.19. The molecule has 2 aromatic carbocycles. The first-order valence-corrected chi connectivity index (χ1v) is 8.99. The Morgan fingerprint density at radius 1 is 0.625 bits per heavy atom. The van der Waals surface area contributed by atoms with E-state index >= 15 is 0 Å². The van der Waals surface area contributed by atoms with Gasteiger partial charge in [-0.05, 0) is 34.9 Å². The Morgan fingerprint density at radius 2 is 1.21 bits per heavy atom. The molecular formula is C22H18BrN. The van der Waals surface area contributed by atoms with Crippen LogP contribution >= 0.6 is 15.9 Å². The number of hydrogen-bond acceptors (Lipinski definition) is 1. The van der Waals surface area contributed by atoms with Gasteiger partial charge in [-0.15, -0.1) is 0 Å². The van der Waals surface area contributed by atoms with E-state index in [0.717, 1.165) is 22.3 Å². The van der Waals surface area contributed by atoms with Gasteiger partial charge in [0.15, 0.2) is 0 Å². The molecule has 118 valence electrons. The lowest BCUT2D eigenvalue weighted by Crippen LogP contribution is -1.86. The minimum absolute atomic E-state index is 0.775. The minimum Gasteiger partial charge on any atom is -0.253 e. The zero-order valence-electron chi connectivity index (χ0n) is 13.3. The van der Waals surface area contributed by atoms with Crippen LogP contribution in [0.25, 0.3) is 24.3 Å². The van der Waals surface area contributed by atoms with Crippen molar-refractivity contribution in [2.45, 2.75) is 5.33 Å². The number of nitrogens with zero attached hydrogens (tertiary/aromatic N) is 1. The summed E-state index contributed by atoms with van der Waals surface area (Å²) < 4.78 is 0. The van der Waals surface area contributed by atoms with Gasteiger partial charge in [0.25, 0.3) is 0 Å². The van der Waals surface area contributed by atoms with Crippen LogP contribution in [0.5, 0.6) is 0 Å². The molecule has 1 heterocycles. The van der Waals surface area contributed by atoms with Crippen LogP contribution in [0.3, 0.4) is 0 Å². The zero-order valence-corrected chi connectivity index (χ0v) is 14.9. The summed E-state index contributed by atoms with van der Waals surface area (Å²) >= 11 is 3.43. The Hall–Kier alpha value is -2.45. The van der Waals surface area contributed by atoms with Gasteiger partial charge >= 0.3 is 0 Å². The van der Waals surface area contributed by atoms with Crippen molar-refractivity contribution < 1.29 is 0 Å². The number of hydrogen-bond donors (Lipinski definition) is 0. The molecule has 0 fully saturated rings. The normalized spacial score (nSPS) is 11.4. The highest BCUT2D eigenvalue weighted by atomic mass is 79.9. The summed E-state index contributed by atoms with van der Waals surface area (Å²) in [5, 5.41) is 0.775. The number of pyridine rings is 1. The van der Waals surface area contributed by atoms with Gasteiger partial charge in [0, 0.05) is 5.33 Å². The maximum Gasteiger partial charge on any atom is 0.0633 e. The van der Waals surface area contributed by atoms with Crippen molar-refractivity contribution in [3.63, 3.8) is 0 Å². The molecule has 0 N–H and O–H groups in total. The molecule has 2 heteroatoms. The molecule has 0 bridgehead atoms. The lowest BCUT2D eigenvalue weighted by Gasteiger charge is -1.98. The first-order chi connectivity index (χ1) is 11.8. The van der Waals surface area contributed by atoms with Crippen LogP contribution in [0, 0.1) is 0 Å². The highest BCUT2D eigenvalue weighted by Gasteiger charge is 1.94. The third-order valence-electron chi connectivity index (χ3n) is 3.62. The van der Waals surface area contributed by atoms with Gasteiger partial charge in [-0.3, -0.25) is 4.98 Å². The van der Waals surface area contributed by atoms with Gasteiger partial charge < -0.3 is 0 Å². The number of benzene rings is 2. The minimum atomic E-state index is 0.775. The molecule has 0 saturated carbocycles. The molecule has 0 aliphatic heterocycles. The van der Waals surface area contributed by atoms with Gasteiger partial charge in [-0.2, -0.15) is 0 Å². The second-order valence-corrected chi connectivity index (χ2v) is 5.99. The largest absolute Gasteiger partial charge is 0.253 e. The third kappa shape index (κ3) is 4.77. The molecule has 0 aliphatic carbocycles. The Bertz CT molecular complexity index is 833. The van der Waals surface area contributed by atoms with E-state index in [2.05, 4.69) is 75.5 Å². The summed E-state index contributed by atoms with van der Waals surface area (Å²) in [5.41, 5.74) is 5.58. The van der Waals surface area contributed by atoms with Gasteiger partial charge in [0.1, 0.15) is 0 Å². The molecule has 0 radical (unpaired) electrons. The highest BCUT2D eigenvalue weighted by Crippen LogP contribution is 2.12. The lowest BCUT2D eigenvalue weighted by molar-refractivity contribution is 1.17. The maximum absolute atomic E-state index is 4.54. The quantitative estimate of drug-likeness (QED) is 0.375. The SMILES string of the molecule is BrCc1cccc(/C=C/c2ccc(/C=C/c3ccccc3)cc2)n1. The van der Waals surface area contributed by atoms with Crippen molar-refractivity contribution in [1.82, 2.24) is 4.98 Å². The topological polar surface area (TPSA) is 12.9 Å². The van der Waals surface area contributed by atoms with Crippen LogP contribution in [0.15, 0.2) is 72.8 Å². The van der Waals surface area contributed by atoms with E-state index in [9.17, 15) is 0 Å². The van der Waals surface area contributed by atoms with Crippen LogP contribution in [0.2, 0.25) is 0 Å². The predicted octanol–water partition coefficient (Wildman–Crippen LogP) is 6.32. The van der Waals surface area contributed by atoms with E-state index in [1.807, 2.05) is 42.5 Å². The summed E-state index contributed by atoms with van der Waals surface area (Å²) in [7, 11) is 0. The average Bonchev–Trinajstić information content (AvgIpc) is 2.66. The molecule has 3 aromatic rings. The molecule has 0 aliphatic rings. The number of alkyl halides is 1. The van der Waals surface area contributed by atoms with Gasteiger partial charge in [0.05, 0.1) is 11.4 Å². The van der Waals surface area contributed by atoms with Crippen LogP contribution in [0.1, 0.15) is 28.1 Å². The van der Waals surface area contributed by atoms with Crippen molar-refractivity contribution in [3.05, 3.63) is 101 Å². The first kappa shape index (κ1) is 16.4. The van der Waals surface area contributed by atoms with E-state index < -0.39 is 0 Å². The van der Waals surface area contributed by atoms with Crippen LogP contribution in [0.4, 0.5) is 0 Å². The molecule has 0 spiro atoms. The number of rotatable bonds is 5. The van der Waals surface area contributed by atoms with Gasteiger partial charge in [-0.25, -0.2) is 0 Å². The molecule has 0 amide bonds. The van der Waals surface area contributed by atoms with Crippen LogP contribution in [-0.4, -0.2) is 4.98 Å². The monoisotopic (exact) mass is 375 g/mol. The van der Waals surface area contributed by atoms with Crippen molar-refractivity contribution >= 4 is 40.2 Å². The summed E-state index contributed by atoms with van der Waals surface area (Å²) in [4.78, 5) is 4.54. The standard InChI is InChI=1S/C22H18BrN/c23-17-22-8-4-7-21(24-22)16-15-20-13-11-19(12-14-20)10-9-18-5-2-1-3-6-18/h1-16H,17H2/b10-9+,16-15+. The molecule has 0 saturated heterocycles. The molecule has 3 rings (SSSR count). The van der Waals surface area contributed by atoms with Gasteiger partial charge in [-0.1, -0.05) is 94.8 Å². The number of halogens is 1. The molecule has 0 atom stereocenters. The summed E-state index contributed by atoms with van der Waals surface area (Å²) in [6.07, 6.45) is 8.39. The lowest BCUT2D eigenvalue weighted by atomic mass is 10.1. The molecule has 24 heavy (non-hydrogen) atoms. The first-order valence-electron chi connectivity index (χ1n) is 7.87. The van der Waals surface area contributed by atoms with E-state index in [4.69, 9.17) is 0 Å². The Morgan fingerprint density at radius 3 is 1.83 bits per heavy atom. The maximum atomic E-state index is 4.54. The molecular weight excluding hydrogens is 358 g/mol. The zero-order chi connectivity index (χ0) is 16.6. The van der Waals surface area contributed by atoms with Crippen LogP contribution < -0.4 is 0 Å². The predicted molar refractivity (Wildman–Crippen MR) is 108 cm³/mol. The van der Waals surface area contributed by atoms with E-state index in [0.29, 0.717) is 0 Å². The number of aromatic nitrogens is 1. The molecule has 1 nitrogen and oxygen atoms in total. The second-order valence-electron chi connectivity index (χ2n) is 5.43. The molecule has 1 aromatic heterocycles. The summed E-state index contributed by atoms with van der Waals surface area (Å²) in [6, 6.07) is 24.9. The van der Waals surface area contributed by atoms with Crippen molar-refractivity contribution in [2.75, 3.05) is 0 Å². The fourth-order valence-electron chi connectivity index (χ4n) is 2.32.